The first-order valence-corrected chi connectivity index (χ1v) is 8.06. The van der Waals surface area contributed by atoms with Gasteiger partial charge in [0.25, 0.3) is 11.1 Å². The van der Waals surface area contributed by atoms with Gasteiger partial charge in [-0.15, -0.1) is 10.2 Å². The van der Waals surface area contributed by atoms with E-state index in [9.17, 15) is 9.59 Å². The van der Waals surface area contributed by atoms with Crippen molar-refractivity contribution < 1.29 is 14.0 Å². The summed E-state index contributed by atoms with van der Waals surface area (Å²) in [5.74, 6) is 0.0387. The third-order valence-electron chi connectivity index (χ3n) is 2.84. The van der Waals surface area contributed by atoms with Crippen LogP contribution in [-0.4, -0.2) is 37.8 Å². The lowest BCUT2D eigenvalue weighted by Crippen LogP contribution is -2.27. The van der Waals surface area contributed by atoms with Gasteiger partial charge in [0.15, 0.2) is 0 Å². The van der Waals surface area contributed by atoms with Crippen LogP contribution in [0.25, 0.3) is 11.5 Å². The molecule has 0 unspecified atom stereocenters. The summed E-state index contributed by atoms with van der Waals surface area (Å²) in [7, 11) is 0. The van der Waals surface area contributed by atoms with Gasteiger partial charge in [-0.25, -0.2) is 5.43 Å². The SMILES string of the molecule is CC(=O)C/C(C)=N\NC(=O)[C@@H](C)Sc1nnc(-c2ccncc2)o1. The van der Waals surface area contributed by atoms with Crippen LogP contribution >= 0.6 is 11.8 Å². The van der Waals surface area contributed by atoms with E-state index in [1.165, 1.54) is 6.92 Å². The molecule has 1 N–H and O–H groups in total. The maximum atomic E-state index is 12.0. The average Bonchev–Trinajstić information content (AvgIpc) is 3.01. The normalized spacial score (nSPS) is 12.7. The first kappa shape index (κ1) is 17.8. The van der Waals surface area contributed by atoms with Gasteiger partial charge in [-0.2, -0.15) is 5.10 Å². The molecule has 0 aliphatic carbocycles. The molecule has 0 saturated carbocycles. The van der Waals surface area contributed by atoms with Crippen LogP contribution in [0.3, 0.4) is 0 Å². The highest BCUT2D eigenvalue weighted by molar-refractivity contribution is 8.00. The first-order chi connectivity index (χ1) is 11.5. The number of hydrogen-bond donors (Lipinski definition) is 1. The molecule has 0 radical (unpaired) electrons. The van der Waals surface area contributed by atoms with Crippen molar-refractivity contribution in [3.05, 3.63) is 24.5 Å². The Labute approximate surface area is 143 Å². The van der Waals surface area contributed by atoms with Crippen molar-refractivity contribution in [2.75, 3.05) is 0 Å². The maximum absolute atomic E-state index is 12.0. The van der Waals surface area contributed by atoms with Gasteiger partial charge in [-0.3, -0.25) is 14.6 Å². The summed E-state index contributed by atoms with van der Waals surface area (Å²) in [6.45, 7) is 4.85. The predicted octanol–water partition coefficient (Wildman–Crippen LogP) is 2.08. The number of aromatic nitrogens is 3. The number of pyridine rings is 1. The van der Waals surface area contributed by atoms with Crippen LogP contribution in [0.4, 0.5) is 0 Å². The number of Topliss-reactive ketones (excluding diaryl/α,β-unsaturated/α-hetero) is 1. The van der Waals surface area contributed by atoms with Crippen molar-refractivity contribution in [1.29, 1.82) is 0 Å². The molecule has 0 aliphatic rings. The molecule has 0 spiro atoms. The van der Waals surface area contributed by atoms with E-state index in [-0.39, 0.29) is 23.3 Å². The molecule has 2 rings (SSSR count). The lowest BCUT2D eigenvalue weighted by molar-refractivity contribution is -0.120. The molecular weight excluding hydrogens is 330 g/mol. The fraction of sp³-hybridized carbons (Fsp3) is 0.333. The van der Waals surface area contributed by atoms with Crippen LogP contribution in [0.15, 0.2) is 39.3 Å². The van der Waals surface area contributed by atoms with Crippen molar-refractivity contribution in [2.24, 2.45) is 5.10 Å². The Morgan fingerprint density at radius 3 is 2.67 bits per heavy atom. The van der Waals surface area contributed by atoms with E-state index in [2.05, 4.69) is 25.7 Å². The molecule has 0 saturated heterocycles. The molecule has 9 heteroatoms. The number of ketones is 1. The number of carbonyl (C=O) groups is 2. The number of nitrogens with one attached hydrogen (secondary N) is 1. The highest BCUT2D eigenvalue weighted by atomic mass is 32.2. The number of hydrogen-bond acceptors (Lipinski definition) is 8. The summed E-state index contributed by atoms with van der Waals surface area (Å²) in [6.07, 6.45) is 3.47. The number of amides is 1. The summed E-state index contributed by atoms with van der Waals surface area (Å²) < 4.78 is 5.52. The smallest absolute Gasteiger partial charge is 0.277 e. The van der Waals surface area contributed by atoms with Crippen molar-refractivity contribution in [3.8, 4) is 11.5 Å². The van der Waals surface area contributed by atoms with Crippen LogP contribution < -0.4 is 5.43 Å². The Hall–Kier alpha value is -2.55. The molecule has 24 heavy (non-hydrogen) atoms. The van der Waals surface area contributed by atoms with Crippen LogP contribution in [0, 0.1) is 0 Å². The second-order valence-electron chi connectivity index (χ2n) is 5.07. The Morgan fingerprint density at radius 2 is 2.00 bits per heavy atom. The Balaban J connectivity index is 1.92. The number of hydrazone groups is 1. The summed E-state index contributed by atoms with van der Waals surface area (Å²) in [5.41, 5.74) is 3.73. The van der Waals surface area contributed by atoms with E-state index in [0.717, 1.165) is 17.3 Å². The Bertz CT molecular complexity index is 745. The van der Waals surface area contributed by atoms with Crippen molar-refractivity contribution in [1.82, 2.24) is 20.6 Å². The largest absolute Gasteiger partial charge is 0.411 e. The third kappa shape index (κ3) is 5.27. The third-order valence-corrected chi connectivity index (χ3v) is 3.78. The fourth-order valence-electron chi connectivity index (χ4n) is 1.71. The first-order valence-electron chi connectivity index (χ1n) is 7.18. The minimum absolute atomic E-state index is 0.0116. The second kappa shape index (κ2) is 8.34. The molecular formula is C15H17N5O3S. The Morgan fingerprint density at radius 1 is 1.29 bits per heavy atom. The molecule has 126 valence electrons. The Kier molecular flexibility index (Phi) is 6.19. The number of thioether (sulfide) groups is 1. The van der Waals surface area contributed by atoms with Crippen molar-refractivity contribution >= 4 is 29.2 Å². The van der Waals surface area contributed by atoms with Gasteiger partial charge in [0.2, 0.25) is 5.89 Å². The zero-order valence-corrected chi connectivity index (χ0v) is 14.3. The van der Waals surface area contributed by atoms with Gasteiger partial charge in [0.1, 0.15) is 5.78 Å². The zero-order valence-electron chi connectivity index (χ0n) is 13.5. The summed E-state index contributed by atoms with van der Waals surface area (Å²) >= 11 is 1.13. The molecule has 0 aromatic carbocycles. The van der Waals surface area contributed by atoms with Gasteiger partial charge in [0.05, 0.1) is 5.25 Å². The zero-order chi connectivity index (χ0) is 17.5. The average molecular weight is 347 g/mol. The summed E-state index contributed by atoms with van der Waals surface area (Å²) in [5, 5.41) is 11.6. The number of nitrogens with zero attached hydrogens (tertiary/aromatic N) is 4. The predicted molar refractivity (Wildman–Crippen MR) is 89.4 cm³/mol. The second-order valence-corrected chi connectivity index (χ2v) is 6.36. The molecule has 0 aliphatic heterocycles. The van der Waals surface area contributed by atoms with Crippen LogP contribution in [0.2, 0.25) is 0 Å². The van der Waals surface area contributed by atoms with Gasteiger partial charge in [-0.05, 0) is 32.9 Å². The topological polar surface area (TPSA) is 110 Å². The van der Waals surface area contributed by atoms with Gasteiger partial charge in [-0.1, -0.05) is 11.8 Å². The molecule has 8 nitrogen and oxygen atoms in total. The van der Waals surface area contributed by atoms with Gasteiger partial charge < -0.3 is 4.42 Å². The molecule has 1 amide bonds. The molecule has 2 aromatic heterocycles. The van der Waals surface area contributed by atoms with E-state index in [1.54, 1.807) is 38.4 Å². The highest BCUT2D eigenvalue weighted by Crippen LogP contribution is 2.25. The summed E-state index contributed by atoms with van der Waals surface area (Å²) in [4.78, 5) is 26.9. The summed E-state index contributed by atoms with van der Waals surface area (Å²) in [6, 6.07) is 3.51. The molecule has 0 fully saturated rings. The van der Waals surface area contributed by atoms with Crippen LogP contribution in [0.1, 0.15) is 27.2 Å². The molecule has 2 heterocycles. The van der Waals surface area contributed by atoms with Gasteiger partial charge >= 0.3 is 0 Å². The fourth-order valence-corrected chi connectivity index (χ4v) is 2.39. The van der Waals surface area contributed by atoms with E-state index in [1.807, 2.05) is 0 Å². The molecule has 1 atom stereocenters. The molecule has 0 bridgehead atoms. The lowest BCUT2D eigenvalue weighted by Gasteiger charge is -2.06. The van der Waals surface area contributed by atoms with Crippen LogP contribution in [0.5, 0.6) is 0 Å². The highest BCUT2D eigenvalue weighted by Gasteiger charge is 2.18. The minimum Gasteiger partial charge on any atom is -0.411 e. The molecule has 2 aromatic rings. The van der Waals surface area contributed by atoms with Gasteiger partial charge in [0, 0.05) is 30.1 Å². The minimum atomic E-state index is -0.482. The number of rotatable bonds is 7. The quantitative estimate of drug-likeness (QED) is 0.464. The number of carbonyl (C=O) groups excluding carboxylic acids is 2. The lowest BCUT2D eigenvalue weighted by atomic mass is 10.2. The van der Waals surface area contributed by atoms with E-state index < -0.39 is 5.25 Å². The maximum Gasteiger partial charge on any atom is 0.277 e. The van der Waals surface area contributed by atoms with E-state index in [4.69, 9.17) is 4.42 Å². The van der Waals surface area contributed by atoms with E-state index >= 15 is 0 Å². The standard InChI is InChI=1S/C15H17N5O3S/c1-9(8-10(2)21)17-18-13(22)11(3)24-15-20-19-14(23-15)12-4-6-16-7-5-12/h4-7,11H,8H2,1-3H3,(H,18,22)/b17-9-/t11-/m1/s1. The van der Waals surface area contributed by atoms with E-state index in [0.29, 0.717) is 11.6 Å². The van der Waals surface area contributed by atoms with Crippen LogP contribution in [-0.2, 0) is 9.59 Å². The monoisotopic (exact) mass is 347 g/mol. The van der Waals surface area contributed by atoms with Crippen molar-refractivity contribution in [3.63, 3.8) is 0 Å². The van der Waals surface area contributed by atoms with Crippen molar-refractivity contribution in [2.45, 2.75) is 37.7 Å².